The highest BCUT2D eigenvalue weighted by Gasteiger charge is 3.33. The highest BCUT2D eigenvalue weighted by atomic mass is 15.4. The Labute approximate surface area is 146 Å². The van der Waals surface area contributed by atoms with Crippen LogP contribution in [0.15, 0.2) is 0 Å². The second-order valence-corrected chi connectivity index (χ2v) is 15.3. The molecule has 0 nitrogen and oxygen atoms in total. The van der Waals surface area contributed by atoms with Crippen LogP contribution in [0, 0.1) is 127 Å². The van der Waals surface area contributed by atoms with Gasteiger partial charge < -0.3 is 0 Å². The van der Waals surface area contributed by atoms with Gasteiger partial charge in [-0.15, -0.1) is 0 Å². The van der Waals surface area contributed by atoms with Crippen LogP contribution in [-0.4, -0.2) is 0 Å². The first-order valence-electron chi connectivity index (χ1n) is 12.3. The van der Waals surface area contributed by atoms with Gasteiger partial charge in [-0.1, -0.05) is 6.92 Å². The first kappa shape index (κ1) is 9.47. The van der Waals surface area contributed by atoms with Gasteiger partial charge in [0.15, 0.2) is 0 Å². The van der Waals surface area contributed by atoms with Crippen molar-refractivity contribution in [2.75, 3.05) is 0 Å². The summed E-state index contributed by atoms with van der Waals surface area (Å²) in [7, 11) is 0. The smallest absolute Gasteiger partial charge is 0.00932 e. The lowest BCUT2D eigenvalue weighted by atomic mass is 8.73. The number of hydrogen-bond acceptors (Lipinski definition) is 0. The molecule has 25 heavy (non-hydrogen) atoms. The number of hydrogen-bond donors (Lipinski definition) is 0. The van der Waals surface area contributed by atoms with Gasteiger partial charge in [0.05, 0.1) is 0 Å². The highest BCUT2D eigenvalue weighted by Crippen LogP contribution is 3.35. The van der Waals surface area contributed by atoms with E-state index in [1.54, 1.807) is 12.8 Å². The van der Waals surface area contributed by atoms with Crippen molar-refractivity contribution in [3.05, 3.63) is 0 Å². The monoisotopic (exact) mass is 322 g/mol. The van der Waals surface area contributed by atoms with Gasteiger partial charge in [0.25, 0.3) is 0 Å². The van der Waals surface area contributed by atoms with Crippen molar-refractivity contribution in [1.82, 2.24) is 0 Å². The third-order valence-electron chi connectivity index (χ3n) is 19.0. The van der Waals surface area contributed by atoms with E-state index < -0.39 is 0 Å². The molecular weight excluding hydrogens is 300 g/mol. The summed E-state index contributed by atoms with van der Waals surface area (Å²) in [5.41, 5.74) is 7.45. The van der Waals surface area contributed by atoms with Crippen LogP contribution in [0.5, 0.6) is 0 Å². The Hall–Kier alpha value is 0. The van der Waals surface area contributed by atoms with Crippen molar-refractivity contribution in [2.45, 2.75) is 19.8 Å². The van der Waals surface area contributed by atoms with Gasteiger partial charge >= 0.3 is 0 Å². The molecule has 15 saturated carbocycles. The summed E-state index contributed by atoms with van der Waals surface area (Å²) in [5, 5.41) is 0. The number of rotatable bonds is 0. The Bertz CT molecular complexity index is 1080. The molecule has 0 heteroatoms. The Balaban J connectivity index is 1.11. The Morgan fingerprint density at radius 3 is 1.48 bits per heavy atom. The average Bonchev–Trinajstić information content (AvgIpc) is 2.84. The molecule has 0 radical (unpaired) electrons. The summed E-state index contributed by atoms with van der Waals surface area (Å²) in [4.78, 5) is 0. The summed E-state index contributed by atoms with van der Waals surface area (Å²) in [6.45, 7) is 2.80. The third kappa shape index (κ3) is 0.285. The van der Waals surface area contributed by atoms with Gasteiger partial charge in [0.1, 0.15) is 0 Å². The van der Waals surface area contributed by atoms with Gasteiger partial charge in [-0.05, 0) is 140 Å². The summed E-state index contributed by atoms with van der Waals surface area (Å²) in [6.07, 6.45) is 3.46. The van der Waals surface area contributed by atoms with Gasteiger partial charge in [-0.2, -0.15) is 0 Å². The zero-order valence-corrected chi connectivity index (χ0v) is 14.6. The average molecular weight is 322 g/mol. The molecule has 0 bridgehead atoms. The fourth-order valence-electron chi connectivity index (χ4n) is 21.7. The largest absolute Gasteiger partial charge is 0.0585 e. The maximum Gasteiger partial charge on any atom is -0.00932 e. The summed E-state index contributed by atoms with van der Waals surface area (Å²) in [6, 6.07) is 0. The fourth-order valence-corrected chi connectivity index (χ4v) is 21.7. The van der Waals surface area contributed by atoms with E-state index in [0.717, 1.165) is 37.9 Å². The van der Waals surface area contributed by atoms with E-state index in [1.165, 1.54) is 88.8 Å². The zero-order chi connectivity index (χ0) is 14.6. The fraction of sp³-hybridized carbons (Fsp3) is 1.00. The number of fused-ring (bicyclic) bond motifs is 13. The lowest BCUT2D eigenvalue weighted by Crippen LogP contribution is -3.28. The molecule has 0 aromatic carbocycles. The zero-order valence-electron chi connectivity index (χ0n) is 14.6. The molecule has 14 atom stereocenters. The Morgan fingerprint density at radius 2 is 0.920 bits per heavy atom. The second kappa shape index (κ2) is 1.60. The topological polar surface area (TPSA) is 0 Å². The SMILES string of the molecule is CC12C3C1C1C4C5C6C7C8CC9CC%10C%11C%12C%13C%14C3C12C%144C%135C%126C%117C9%108. The molecule has 0 heterocycles. The Morgan fingerprint density at radius 1 is 0.480 bits per heavy atom. The molecule has 14 unspecified atom stereocenters. The van der Waals surface area contributed by atoms with E-state index in [-0.39, 0.29) is 0 Å². The lowest BCUT2D eigenvalue weighted by molar-refractivity contribution is -0.852. The van der Waals surface area contributed by atoms with Crippen LogP contribution in [0.3, 0.4) is 0 Å². The molecule has 0 saturated heterocycles. The maximum absolute atomic E-state index is 2.80. The van der Waals surface area contributed by atoms with Crippen LogP contribution >= 0.6 is 0 Å². The van der Waals surface area contributed by atoms with Gasteiger partial charge in [0, 0.05) is 0 Å². The van der Waals surface area contributed by atoms with E-state index in [1.807, 2.05) is 0 Å². The lowest BCUT2D eigenvalue weighted by Gasteiger charge is -3.31. The molecule has 0 N–H and O–H groups in total. The normalized spacial score (nSPS) is 121. The van der Waals surface area contributed by atoms with Crippen molar-refractivity contribution in [1.29, 1.82) is 0 Å². The summed E-state index contributed by atoms with van der Waals surface area (Å²) < 4.78 is 0. The minimum atomic E-state index is 0.967. The van der Waals surface area contributed by atoms with Crippen molar-refractivity contribution in [3.8, 4) is 0 Å². The van der Waals surface area contributed by atoms with Crippen molar-refractivity contribution in [2.24, 2.45) is 127 Å². The highest BCUT2D eigenvalue weighted by molar-refractivity contribution is 5.78. The van der Waals surface area contributed by atoms with Gasteiger partial charge in [-0.3, -0.25) is 0 Å². The molecule has 15 aliphatic carbocycles. The van der Waals surface area contributed by atoms with Crippen LogP contribution in [0.25, 0.3) is 0 Å². The summed E-state index contributed by atoms with van der Waals surface area (Å²) >= 11 is 0. The Kier molecular flexibility index (Phi) is 0.607. The maximum atomic E-state index is 2.80. The van der Waals surface area contributed by atoms with Crippen LogP contribution < -0.4 is 0 Å². The molecule has 0 aliphatic heterocycles. The van der Waals surface area contributed by atoms with E-state index in [9.17, 15) is 0 Å². The van der Waals surface area contributed by atoms with Crippen LogP contribution in [0.1, 0.15) is 19.8 Å². The van der Waals surface area contributed by atoms with Crippen molar-refractivity contribution >= 4 is 0 Å². The second-order valence-electron chi connectivity index (χ2n) is 15.3. The van der Waals surface area contributed by atoms with E-state index >= 15 is 0 Å². The molecule has 0 aromatic heterocycles. The molecule has 0 amide bonds. The van der Waals surface area contributed by atoms with E-state index in [0.29, 0.717) is 0 Å². The third-order valence-corrected chi connectivity index (χ3v) is 19.0. The quantitative estimate of drug-likeness (QED) is 0.643. The minimum absolute atomic E-state index is 0.967. The first-order chi connectivity index (χ1) is 12.3. The van der Waals surface area contributed by atoms with Crippen LogP contribution in [0.4, 0.5) is 0 Å². The molecule has 15 fully saturated rings. The standard InChI is InChI=1S/C25H22/c1-19-9-10(19)14-18-16-12-8-6-3-4-2-5-7-11-15-17-13(9)21(14,19)23(17,18)25(15,16)24(11,12)22(7,8)20(4,5)6/h4-18H,2-3H2,1H3. The molecular formula is C25H22. The van der Waals surface area contributed by atoms with Crippen LogP contribution in [-0.2, 0) is 0 Å². The van der Waals surface area contributed by atoms with Gasteiger partial charge in [0.2, 0.25) is 0 Å². The van der Waals surface area contributed by atoms with Gasteiger partial charge in [-0.25, -0.2) is 0 Å². The molecule has 15 rings (SSSR count). The van der Waals surface area contributed by atoms with Crippen LogP contribution in [0.2, 0.25) is 0 Å². The molecule has 122 valence electrons. The molecule has 0 aromatic rings. The first-order valence-corrected chi connectivity index (χ1v) is 12.3. The molecule has 15 aliphatic rings. The summed E-state index contributed by atoms with van der Waals surface area (Å²) in [5.74, 6) is 20.0. The van der Waals surface area contributed by atoms with Crippen molar-refractivity contribution in [3.63, 3.8) is 0 Å². The molecule has 6 spiro atoms. The van der Waals surface area contributed by atoms with E-state index in [4.69, 9.17) is 0 Å². The van der Waals surface area contributed by atoms with Crippen molar-refractivity contribution < 1.29 is 0 Å². The predicted molar refractivity (Wildman–Crippen MR) is 84.3 cm³/mol. The predicted octanol–water partition coefficient (Wildman–Crippen LogP) is 3.14. The minimum Gasteiger partial charge on any atom is -0.0585 e. The van der Waals surface area contributed by atoms with E-state index in [2.05, 4.69) is 6.92 Å².